The van der Waals surface area contributed by atoms with Crippen molar-refractivity contribution in [2.24, 2.45) is 0 Å². The summed E-state index contributed by atoms with van der Waals surface area (Å²) in [5.41, 5.74) is 2.19. The average molecular weight is 179 g/mol. The van der Waals surface area contributed by atoms with Crippen LogP contribution in [0.25, 0.3) is 10.8 Å². The zero-order valence-corrected chi connectivity index (χ0v) is 7.81. The van der Waals surface area contributed by atoms with Crippen molar-refractivity contribution < 1.29 is 4.42 Å². The molecular weight excluding hydrogens is 170 g/mol. The molecule has 0 fully saturated rings. The largest absolute Gasteiger partial charge is 0.462 e. The molecule has 0 unspecified atom stereocenters. The summed E-state index contributed by atoms with van der Waals surface area (Å²) in [5.74, 6) is 0.896. The van der Waals surface area contributed by atoms with E-state index >= 15 is 0 Å². The highest BCUT2D eigenvalue weighted by molar-refractivity contribution is 7.13. The summed E-state index contributed by atoms with van der Waals surface area (Å²) in [6.07, 6.45) is 1.70. The maximum absolute atomic E-state index is 5.31. The third kappa shape index (κ3) is 1.16. The quantitative estimate of drug-likeness (QED) is 0.672. The summed E-state index contributed by atoms with van der Waals surface area (Å²) < 4.78 is 5.31. The molecule has 2 nitrogen and oxygen atoms in total. The van der Waals surface area contributed by atoms with Gasteiger partial charge in [0.1, 0.15) is 0 Å². The van der Waals surface area contributed by atoms with E-state index in [1.165, 1.54) is 0 Å². The van der Waals surface area contributed by atoms with Gasteiger partial charge >= 0.3 is 0 Å². The molecule has 0 aliphatic carbocycles. The van der Waals surface area contributed by atoms with Gasteiger partial charge in [0.05, 0.1) is 6.26 Å². The zero-order chi connectivity index (χ0) is 8.55. The zero-order valence-electron chi connectivity index (χ0n) is 7.00. The Bertz CT molecular complexity index is 389. The Morgan fingerprint density at radius 2 is 2.25 bits per heavy atom. The van der Waals surface area contributed by atoms with Gasteiger partial charge in [0.25, 0.3) is 0 Å². The van der Waals surface area contributed by atoms with Crippen LogP contribution in [0.2, 0.25) is 0 Å². The van der Waals surface area contributed by atoms with Gasteiger partial charge in [-0.15, -0.1) is 11.3 Å². The van der Waals surface area contributed by atoms with Crippen LogP contribution in [0.1, 0.15) is 11.3 Å². The Hall–Kier alpha value is -1.09. The molecule has 0 N–H and O–H groups in total. The lowest BCUT2D eigenvalue weighted by atomic mass is 10.3. The number of aryl methyl sites for hydroxylation is 2. The average Bonchev–Trinajstić information content (AvgIpc) is 2.58. The first kappa shape index (κ1) is 7.55. The minimum Gasteiger partial charge on any atom is -0.462 e. The molecule has 0 amide bonds. The van der Waals surface area contributed by atoms with E-state index < -0.39 is 0 Å². The third-order valence-corrected chi connectivity index (χ3v) is 2.63. The molecule has 0 atom stereocenters. The Morgan fingerprint density at radius 1 is 1.42 bits per heavy atom. The smallest absolute Gasteiger partial charge is 0.165 e. The summed E-state index contributed by atoms with van der Waals surface area (Å²) >= 11 is 1.62. The van der Waals surface area contributed by atoms with Gasteiger partial charge in [-0.25, -0.2) is 4.98 Å². The molecule has 0 saturated carbocycles. The highest BCUT2D eigenvalue weighted by atomic mass is 32.1. The van der Waals surface area contributed by atoms with E-state index in [1.807, 2.05) is 25.3 Å². The molecule has 0 bridgehead atoms. The normalized spacial score (nSPS) is 10.5. The molecule has 0 aliphatic heterocycles. The van der Waals surface area contributed by atoms with Gasteiger partial charge in [-0.3, -0.25) is 0 Å². The van der Waals surface area contributed by atoms with E-state index in [1.54, 1.807) is 17.6 Å². The number of rotatable bonds is 1. The van der Waals surface area contributed by atoms with Crippen LogP contribution in [0, 0.1) is 13.8 Å². The van der Waals surface area contributed by atoms with E-state index in [4.69, 9.17) is 4.42 Å². The monoisotopic (exact) mass is 179 g/mol. The van der Waals surface area contributed by atoms with Crippen molar-refractivity contribution >= 4 is 11.3 Å². The number of hydrogen-bond acceptors (Lipinski definition) is 3. The second-order valence-electron chi connectivity index (χ2n) is 2.73. The molecule has 0 aliphatic rings. The van der Waals surface area contributed by atoms with Crippen LogP contribution in [-0.2, 0) is 0 Å². The van der Waals surface area contributed by atoms with Gasteiger partial charge in [0, 0.05) is 11.1 Å². The van der Waals surface area contributed by atoms with Crippen molar-refractivity contribution in [3.8, 4) is 10.8 Å². The molecule has 2 rings (SSSR count). The second-order valence-corrected chi connectivity index (χ2v) is 3.58. The van der Waals surface area contributed by atoms with Gasteiger partial charge in [-0.2, -0.15) is 0 Å². The summed E-state index contributed by atoms with van der Waals surface area (Å²) in [5, 5.41) is 2.99. The minimum atomic E-state index is 0.896. The molecule has 0 spiro atoms. The molecule has 2 aromatic rings. The SMILES string of the molecule is Cc1csc(-c2occc2C)n1. The third-order valence-electron chi connectivity index (χ3n) is 1.68. The van der Waals surface area contributed by atoms with Crippen molar-refractivity contribution in [3.63, 3.8) is 0 Å². The summed E-state index contributed by atoms with van der Waals surface area (Å²) in [4.78, 5) is 4.34. The number of thiazole rings is 1. The lowest BCUT2D eigenvalue weighted by molar-refractivity contribution is 0.580. The Kier molecular flexibility index (Phi) is 1.73. The van der Waals surface area contributed by atoms with Crippen molar-refractivity contribution in [1.82, 2.24) is 4.98 Å². The van der Waals surface area contributed by atoms with E-state index in [9.17, 15) is 0 Å². The Labute approximate surface area is 74.9 Å². The fourth-order valence-electron chi connectivity index (χ4n) is 1.05. The second kappa shape index (κ2) is 2.75. The van der Waals surface area contributed by atoms with Crippen LogP contribution >= 0.6 is 11.3 Å². The van der Waals surface area contributed by atoms with E-state index in [0.29, 0.717) is 0 Å². The van der Waals surface area contributed by atoms with Gasteiger partial charge < -0.3 is 4.42 Å². The summed E-state index contributed by atoms with van der Waals surface area (Å²) in [6.45, 7) is 4.01. The number of furan rings is 1. The summed E-state index contributed by atoms with van der Waals surface area (Å²) in [7, 11) is 0. The molecule has 12 heavy (non-hydrogen) atoms. The van der Waals surface area contributed by atoms with Crippen LogP contribution in [0.15, 0.2) is 22.1 Å². The number of aromatic nitrogens is 1. The van der Waals surface area contributed by atoms with Crippen molar-refractivity contribution in [1.29, 1.82) is 0 Å². The van der Waals surface area contributed by atoms with Crippen LogP contribution in [0.4, 0.5) is 0 Å². The summed E-state index contributed by atoms with van der Waals surface area (Å²) in [6, 6.07) is 1.95. The predicted octanol–water partition coefficient (Wildman–Crippen LogP) is 3.02. The van der Waals surface area contributed by atoms with E-state index in [2.05, 4.69) is 4.98 Å². The first-order valence-electron chi connectivity index (χ1n) is 3.74. The van der Waals surface area contributed by atoms with E-state index in [-0.39, 0.29) is 0 Å². The lowest BCUT2D eigenvalue weighted by Gasteiger charge is -1.89. The number of nitrogens with zero attached hydrogens (tertiary/aromatic N) is 1. The minimum absolute atomic E-state index is 0.896. The molecule has 0 saturated heterocycles. The van der Waals surface area contributed by atoms with Crippen molar-refractivity contribution in [3.05, 3.63) is 29.0 Å². The van der Waals surface area contributed by atoms with E-state index in [0.717, 1.165) is 22.0 Å². The number of hydrogen-bond donors (Lipinski definition) is 0. The molecule has 2 aromatic heterocycles. The van der Waals surface area contributed by atoms with Gasteiger partial charge in [0.2, 0.25) is 0 Å². The van der Waals surface area contributed by atoms with Gasteiger partial charge in [-0.1, -0.05) is 0 Å². The topological polar surface area (TPSA) is 26.0 Å². The highest BCUT2D eigenvalue weighted by Gasteiger charge is 2.08. The Balaban J connectivity index is 2.50. The molecule has 3 heteroatoms. The van der Waals surface area contributed by atoms with Crippen LogP contribution in [0.5, 0.6) is 0 Å². The standard InChI is InChI=1S/C9H9NOS/c1-6-3-4-11-8(6)9-10-7(2)5-12-9/h3-5H,1-2H3. The first-order valence-corrected chi connectivity index (χ1v) is 4.62. The Morgan fingerprint density at radius 3 is 2.75 bits per heavy atom. The van der Waals surface area contributed by atoms with Crippen LogP contribution < -0.4 is 0 Å². The van der Waals surface area contributed by atoms with Crippen LogP contribution in [-0.4, -0.2) is 4.98 Å². The lowest BCUT2D eigenvalue weighted by Crippen LogP contribution is -1.75. The van der Waals surface area contributed by atoms with Gasteiger partial charge in [-0.05, 0) is 25.5 Å². The highest BCUT2D eigenvalue weighted by Crippen LogP contribution is 2.26. The van der Waals surface area contributed by atoms with Crippen molar-refractivity contribution in [2.75, 3.05) is 0 Å². The molecular formula is C9H9NOS. The fraction of sp³-hybridized carbons (Fsp3) is 0.222. The molecule has 0 radical (unpaired) electrons. The maximum Gasteiger partial charge on any atom is 0.165 e. The van der Waals surface area contributed by atoms with Crippen molar-refractivity contribution in [2.45, 2.75) is 13.8 Å². The molecule has 0 aromatic carbocycles. The molecule has 2 heterocycles. The van der Waals surface area contributed by atoms with Crippen LogP contribution in [0.3, 0.4) is 0 Å². The predicted molar refractivity (Wildman–Crippen MR) is 49.3 cm³/mol. The van der Waals surface area contributed by atoms with Gasteiger partial charge in [0.15, 0.2) is 10.8 Å². The fourth-order valence-corrected chi connectivity index (χ4v) is 1.90. The maximum atomic E-state index is 5.31. The molecule has 62 valence electrons. The first-order chi connectivity index (χ1) is 5.77.